The van der Waals surface area contributed by atoms with Crippen LogP contribution in [0.4, 0.5) is 0 Å². The number of rotatable bonds is 0. The van der Waals surface area contributed by atoms with Crippen LogP contribution in [-0.4, -0.2) is 41.8 Å². The molecule has 39 valence electrons. The van der Waals surface area contributed by atoms with Gasteiger partial charge >= 0.3 is 32.2 Å². The molecule has 0 amide bonds. The summed E-state index contributed by atoms with van der Waals surface area (Å²) in [7, 11) is -3.13. The minimum atomic E-state index is -3.13. The average molecular weight is 168 g/mol. The van der Waals surface area contributed by atoms with Crippen LogP contribution in [0.15, 0.2) is 0 Å². The van der Waals surface area contributed by atoms with Crippen molar-refractivity contribution in [2.45, 2.75) is 0 Å². The van der Waals surface area contributed by atoms with Crippen LogP contribution in [-0.2, 0) is 21.5 Å². The van der Waals surface area contributed by atoms with Crippen LogP contribution in [0.25, 0.3) is 0 Å². The topological polar surface area (TPSA) is 57.5 Å². The molecule has 0 bridgehead atoms. The molecule has 0 saturated carbocycles. The molecule has 0 aromatic heterocycles. The molecule has 0 fully saturated rings. The van der Waals surface area contributed by atoms with Crippen LogP contribution in [0.2, 0.25) is 0 Å². The number of hydrogen-bond acceptors (Lipinski definition) is 1. The van der Waals surface area contributed by atoms with E-state index in [1.807, 2.05) is 0 Å². The Kier molecular flexibility index (Phi) is 24.5. The first kappa shape index (κ1) is 15.8. The summed E-state index contributed by atoms with van der Waals surface area (Å²) >= 11 is 0. The maximum atomic E-state index is 8.74. The Bertz CT molecular complexity index is 33.8. The molecule has 0 saturated heterocycles. The van der Waals surface area contributed by atoms with Crippen LogP contribution in [0.1, 0.15) is 0 Å². The summed E-state index contributed by atoms with van der Waals surface area (Å²) < 4.78 is 8.74. The van der Waals surface area contributed by atoms with E-state index in [4.69, 9.17) is 14.1 Å². The van der Waals surface area contributed by atoms with Crippen LogP contribution in [0.3, 0.4) is 0 Å². The largest absolute Gasteiger partial charge is 0.761 e. The van der Waals surface area contributed by atoms with Crippen molar-refractivity contribution in [1.29, 1.82) is 0 Å². The summed E-state index contributed by atoms with van der Waals surface area (Å²) in [5.41, 5.74) is 0. The molecule has 0 aliphatic rings. The van der Waals surface area contributed by atoms with E-state index < -0.39 is 9.17 Å². The van der Waals surface area contributed by atoms with Gasteiger partial charge in [-0.15, -0.1) is 0 Å². The van der Waals surface area contributed by atoms with E-state index in [9.17, 15) is 0 Å². The van der Waals surface area contributed by atoms with E-state index in [0.29, 0.717) is 0 Å². The molecule has 0 aliphatic heterocycles. The van der Waals surface area contributed by atoms with Crippen LogP contribution in [0.5, 0.6) is 0 Å². The molecular formula is H4CuMgO3Si. The summed E-state index contributed by atoms with van der Waals surface area (Å²) in [5.74, 6) is 0. The average Bonchev–Trinajstić information content (AvgIpc) is 0.811. The fourth-order valence-electron chi connectivity index (χ4n) is 0. The minimum Gasteiger partial charge on any atom is -0.511 e. The van der Waals surface area contributed by atoms with Crippen molar-refractivity contribution in [1.82, 2.24) is 0 Å². The molecule has 6 heteroatoms. The molecule has 3 nitrogen and oxygen atoms in total. The van der Waals surface area contributed by atoms with Crippen molar-refractivity contribution in [2.24, 2.45) is 0 Å². The molecule has 1 radical (unpaired) electrons. The van der Waals surface area contributed by atoms with Gasteiger partial charge in [-0.05, 0) is 0 Å². The van der Waals surface area contributed by atoms with E-state index in [0.717, 1.165) is 0 Å². The first-order valence-electron chi connectivity index (χ1n) is 0.651. The minimum absolute atomic E-state index is 0. The summed E-state index contributed by atoms with van der Waals surface area (Å²) in [6.07, 6.45) is 0. The molecule has 0 rings (SSSR count). The fraction of sp³-hybridized carbons (Fsp3) is 0. The second-order valence-corrected chi connectivity index (χ2v) is 0.848. The zero-order chi connectivity index (χ0) is 3.58. The van der Waals surface area contributed by atoms with Crippen molar-refractivity contribution in [3.8, 4) is 0 Å². The quantitative estimate of drug-likeness (QED) is 0.392. The molecule has 0 aromatic carbocycles. The Morgan fingerprint density at radius 3 is 1.33 bits per heavy atom. The van der Waals surface area contributed by atoms with Gasteiger partial charge in [0.1, 0.15) is 0 Å². The Balaban J connectivity index is -0.0000000450. The summed E-state index contributed by atoms with van der Waals surface area (Å²) in [4.78, 5) is 14.3. The third-order valence-corrected chi connectivity index (χ3v) is 0. The van der Waals surface area contributed by atoms with Crippen LogP contribution >= 0.6 is 0 Å². The van der Waals surface area contributed by atoms with Gasteiger partial charge in [-0.2, -0.15) is 0 Å². The van der Waals surface area contributed by atoms with Crippen molar-refractivity contribution in [2.75, 3.05) is 0 Å². The third-order valence-electron chi connectivity index (χ3n) is 0. The molecule has 0 spiro atoms. The third kappa shape index (κ3) is 91.7. The maximum absolute atomic E-state index is 8.74. The Labute approximate surface area is 63.3 Å². The molecule has 0 aliphatic carbocycles. The van der Waals surface area contributed by atoms with Gasteiger partial charge in [0, 0.05) is 17.1 Å². The molecular weight excluding hydrogens is 164 g/mol. The van der Waals surface area contributed by atoms with Gasteiger partial charge in [0.2, 0.25) is 0 Å². The van der Waals surface area contributed by atoms with Crippen LogP contribution in [0, 0.1) is 0 Å². The van der Waals surface area contributed by atoms with E-state index >= 15 is 0 Å². The first-order valence-corrected chi connectivity index (χ1v) is 1.95. The van der Waals surface area contributed by atoms with Crippen LogP contribution < -0.4 is 0 Å². The van der Waals surface area contributed by atoms with Gasteiger partial charge in [0.25, 0.3) is 0 Å². The molecule has 0 heterocycles. The van der Waals surface area contributed by atoms with Crippen molar-refractivity contribution < 1.29 is 31.1 Å². The van der Waals surface area contributed by atoms with E-state index in [1.165, 1.54) is 0 Å². The van der Waals surface area contributed by atoms with Crippen molar-refractivity contribution in [3.63, 3.8) is 0 Å². The Morgan fingerprint density at radius 1 is 1.33 bits per heavy atom. The van der Waals surface area contributed by atoms with Gasteiger partial charge < -0.3 is 9.59 Å². The zero-order valence-corrected chi connectivity index (χ0v) is 4.05. The molecule has 0 unspecified atom stereocenters. The molecule has 0 atom stereocenters. The molecule has 0 aromatic rings. The maximum Gasteiger partial charge on any atom is 0.761 e. The van der Waals surface area contributed by atoms with E-state index in [2.05, 4.69) is 0 Å². The standard InChI is InChI=1S/Cu.Mg.H2O3Si.2H/c;;1-4(2)3;;/h;;1-2H;;. The Hall–Kier alpha value is 0.903. The predicted molar refractivity (Wildman–Crippen MR) is 19.4 cm³/mol. The number of hydrogen-bond donors (Lipinski definition) is 2. The van der Waals surface area contributed by atoms with Crippen molar-refractivity contribution in [3.05, 3.63) is 0 Å². The van der Waals surface area contributed by atoms with Gasteiger partial charge in [-0.3, -0.25) is 4.46 Å². The van der Waals surface area contributed by atoms with Crippen molar-refractivity contribution >= 4 is 32.2 Å². The monoisotopic (exact) mass is 167 g/mol. The molecule has 2 N–H and O–H groups in total. The van der Waals surface area contributed by atoms with Gasteiger partial charge in [0.05, 0.1) is 0 Å². The predicted octanol–water partition coefficient (Wildman–Crippen LogP) is -2.53. The second-order valence-electron chi connectivity index (χ2n) is 0.283. The summed E-state index contributed by atoms with van der Waals surface area (Å²) in [6.45, 7) is 0. The van der Waals surface area contributed by atoms with Gasteiger partial charge in [-0.25, -0.2) is 0 Å². The van der Waals surface area contributed by atoms with E-state index in [1.54, 1.807) is 0 Å². The first-order chi connectivity index (χ1) is 1.73. The smallest absolute Gasteiger partial charge is 0.511 e. The molecule has 6 heavy (non-hydrogen) atoms. The Morgan fingerprint density at radius 2 is 1.33 bits per heavy atom. The second kappa shape index (κ2) is 9.32. The van der Waals surface area contributed by atoms with Gasteiger partial charge in [0.15, 0.2) is 0 Å². The summed E-state index contributed by atoms with van der Waals surface area (Å²) in [5, 5.41) is 0. The zero-order valence-electron chi connectivity index (χ0n) is 2.10. The fourth-order valence-corrected chi connectivity index (χ4v) is 0. The summed E-state index contributed by atoms with van der Waals surface area (Å²) in [6, 6.07) is 0. The SMILES string of the molecule is O=[Si](O)O.[Cu].[MgH2]. The van der Waals surface area contributed by atoms with Gasteiger partial charge in [-0.1, -0.05) is 0 Å². The van der Waals surface area contributed by atoms with E-state index in [-0.39, 0.29) is 40.1 Å². The normalized spacial score (nSPS) is 4.00.